The fourth-order valence-electron chi connectivity index (χ4n) is 1.64. The van der Waals surface area contributed by atoms with Gasteiger partial charge in [-0.2, -0.15) is 0 Å². The highest BCUT2D eigenvalue weighted by Crippen LogP contribution is 2.19. The summed E-state index contributed by atoms with van der Waals surface area (Å²) < 4.78 is 0. The number of rotatable bonds is 5. The van der Waals surface area contributed by atoms with Crippen LogP contribution in [-0.2, 0) is 4.79 Å². The van der Waals surface area contributed by atoms with E-state index in [9.17, 15) is 9.59 Å². The molecule has 1 aliphatic heterocycles. The number of nitrogens with zero attached hydrogens (tertiary/aromatic N) is 1. The lowest BCUT2D eigenvalue weighted by atomic mass is 9.93. The molecule has 1 aliphatic rings. The lowest BCUT2D eigenvalue weighted by Gasteiger charge is -2.38. The van der Waals surface area contributed by atoms with Crippen LogP contribution in [-0.4, -0.2) is 47.1 Å². The Kier molecular flexibility index (Phi) is 4.05. The van der Waals surface area contributed by atoms with Crippen LogP contribution in [0.4, 0.5) is 4.79 Å². The molecule has 5 N–H and O–H groups in total. The summed E-state index contributed by atoms with van der Waals surface area (Å²) in [6.07, 6.45) is 0.749. The van der Waals surface area contributed by atoms with Gasteiger partial charge in [0.05, 0.1) is 12.1 Å². The Morgan fingerprint density at radius 2 is 2.20 bits per heavy atom. The summed E-state index contributed by atoms with van der Waals surface area (Å²) in [5.74, 6) is -0.183. The van der Waals surface area contributed by atoms with Crippen LogP contribution in [0.3, 0.4) is 0 Å². The normalized spacial score (nSPS) is 22.0. The Hall–Kier alpha value is -1.14. The molecule has 2 atom stereocenters. The predicted molar refractivity (Wildman–Crippen MR) is 54.4 cm³/mol. The van der Waals surface area contributed by atoms with Gasteiger partial charge < -0.3 is 16.6 Å². The minimum atomic E-state index is -1.05. The maximum absolute atomic E-state index is 11.7. The quantitative estimate of drug-likeness (QED) is 0.566. The SMILES string of the molecule is NCCCC(N)C(=O)C1CCN1C(=O)O. The fraction of sp³-hybridized carbons (Fsp3) is 0.778. The Morgan fingerprint density at radius 3 is 2.60 bits per heavy atom. The second-order valence-corrected chi connectivity index (χ2v) is 3.72. The minimum absolute atomic E-state index is 0.183. The molecule has 0 aromatic carbocycles. The van der Waals surface area contributed by atoms with Crippen molar-refractivity contribution in [2.75, 3.05) is 13.1 Å². The molecule has 1 heterocycles. The Bertz CT molecular complexity index is 257. The van der Waals surface area contributed by atoms with Gasteiger partial charge in [-0.25, -0.2) is 4.79 Å². The molecule has 0 radical (unpaired) electrons. The van der Waals surface area contributed by atoms with Gasteiger partial charge in [0.25, 0.3) is 0 Å². The third-order valence-corrected chi connectivity index (χ3v) is 2.68. The summed E-state index contributed by atoms with van der Waals surface area (Å²) in [6, 6.07) is -1.11. The number of amides is 1. The fourth-order valence-corrected chi connectivity index (χ4v) is 1.64. The third kappa shape index (κ3) is 2.66. The number of carbonyl (C=O) groups excluding carboxylic acids is 1. The monoisotopic (exact) mass is 215 g/mol. The molecule has 0 aromatic heterocycles. The standard InChI is InChI=1S/C9H17N3O3/c10-4-1-2-6(11)8(13)7-3-5-12(7)9(14)15/h6-7H,1-5,10-11H2,(H,14,15). The first-order valence-electron chi connectivity index (χ1n) is 5.07. The molecule has 86 valence electrons. The molecule has 2 unspecified atom stereocenters. The summed E-state index contributed by atoms with van der Waals surface area (Å²) in [6.45, 7) is 0.920. The second-order valence-electron chi connectivity index (χ2n) is 3.72. The van der Waals surface area contributed by atoms with E-state index >= 15 is 0 Å². The highest BCUT2D eigenvalue weighted by atomic mass is 16.4. The van der Waals surface area contributed by atoms with Crippen molar-refractivity contribution in [1.29, 1.82) is 0 Å². The van der Waals surface area contributed by atoms with Crippen LogP contribution >= 0.6 is 0 Å². The highest BCUT2D eigenvalue weighted by Gasteiger charge is 2.39. The number of carbonyl (C=O) groups is 2. The van der Waals surface area contributed by atoms with Gasteiger partial charge in [0.1, 0.15) is 0 Å². The number of Topliss-reactive ketones (excluding diaryl/α,β-unsaturated/α-hetero) is 1. The van der Waals surface area contributed by atoms with Crippen LogP contribution in [0.25, 0.3) is 0 Å². The van der Waals surface area contributed by atoms with Crippen molar-refractivity contribution < 1.29 is 14.7 Å². The smallest absolute Gasteiger partial charge is 0.407 e. The molecule has 6 heteroatoms. The minimum Gasteiger partial charge on any atom is -0.465 e. The Labute approximate surface area is 88.2 Å². The first kappa shape index (κ1) is 11.9. The lowest BCUT2D eigenvalue weighted by Crippen LogP contribution is -2.58. The molecule has 1 fully saturated rings. The summed E-state index contributed by atoms with van der Waals surface area (Å²) in [5.41, 5.74) is 11.0. The van der Waals surface area contributed by atoms with E-state index in [-0.39, 0.29) is 5.78 Å². The zero-order valence-electron chi connectivity index (χ0n) is 8.56. The van der Waals surface area contributed by atoms with Gasteiger partial charge >= 0.3 is 6.09 Å². The average Bonchev–Trinajstić information content (AvgIpc) is 2.11. The van der Waals surface area contributed by atoms with Crippen LogP contribution in [0.2, 0.25) is 0 Å². The number of ketones is 1. The summed E-state index contributed by atoms with van der Waals surface area (Å²) in [7, 11) is 0. The average molecular weight is 215 g/mol. The molecule has 6 nitrogen and oxygen atoms in total. The van der Waals surface area contributed by atoms with Gasteiger partial charge in [-0.15, -0.1) is 0 Å². The van der Waals surface area contributed by atoms with Crippen molar-refractivity contribution in [3.63, 3.8) is 0 Å². The predicted octanol–water partition coefficient (Wildman–Crippen LogP) is -0.626. The van der Waals surface area contributed by atoms with Crippen molar-refractivity contribution in [1.82, 2.24) is 4.90 Å². The molecule has 0 aromatic rings. The molecule has 15 heavy (non-hydrogen) atoms. The van der Waals surface area contributed by atoms with E-state index in [4.69, 9.17) is 16.6 Å². The van der Waals surface area contributed by atoms with E-state index in [2.05, 4.69) is 0 Å². The molecular formula is C9H17N3O3. The highest BCUT2D eigenvalue weighted by molar-refractivity contribution is 5.92. The van der Waals surface area contributed by atoms with Gasteiger partial charge in [-0.1, -0.05) is 0 Å². The van der Waals surface area contributed by atoms with Crippen molar-refractivity contribution >= 4 is 11.9 Å². The van der Waals surface area contributed by atoms with E-state index in [1.165, 1.54) is 0 Å². The van der Waals surface area contributed by atoms with Crippen LogP contribution < -0.4 is 11.5 Å². The van der Waals surface area contributed by atoms with Crippen molar-refractivity contribution in [3.8, 4) is 0 Å². The Morgan fingerprint density at radius 1 is 1.53 bits per heavy atom. The summed E-state index contributed by atoms with van der Waals surface area (Å²) >= 11 is 0. The Balaban J connectivity index is 2.43. The van der Waals surface area contributed by atoms with Crippen molar-refractivity contribution in [2.24, 2.45) is 11.5 Å². The zero-order valence-corrected chi connectivity index (χ0v) is 8.56. The topological polar surface area (TPSA) is 110 Å². The zero-order chi connectivity index (χ0) is 11.4. The van der Waals surface area contributed by atoms with E-state index < -0.39 is 18.2 Å². The number of carboxylic acid groups (broad SMARTS) is 1. The molecule has 1 rings (SSSR count). The van der Waals surface area contributed by atoms with Gasteiger partial charge in [0.2, 0.25) is 0 Å². The molecule has 1 amide bonds. The maximum atomic E-state index is 11.7. The first-order chi connectivity index (χ1) is 7.07. The van der Waals surface area contributed by atoms with E-state index in [1.807, 2.05) is 0 Å². The molecule has 0 aliphatic carbocycles. The van der Waals surface area contributed by atoms with Crippen LogP contribution in [0.15, 0.2) is 0 Å². The molecule has 0 saturated carbocycles. The lowest BCUT2D eigenvalue weighted by molar-refractivity contribution is -0.128. The maximum Gasteiger partial charge on any atom is 0.407 e. The largest absolute Gasteiger partial charge is 0.465 e. The molecule has 1 saturated heterocycles. The van der Waals surface area contributed by atoms with E-state index in [0.29, 0.717) is 32.4 Å². The second kappa shape index (κ2) is 5.09. The van der Waals surface area contributed by atoms with Crippen molar-refractivity contribution in [2.45, 2.75) is 31.3 Å². The van der Waals surface area contributed by atoms with E-state index in [0.717, 1.165) is 4.90 Å². The first-order valence-corrected chi connectivity index (χ1v) is 5.07. The van der Waals surface area contributed by atoms with Crippen LogP contribution in [0.5, 0.6) is 0 Å². The molecule has 0 spiro atoms. The number of likely N-dealkylation sites (tertiary alicyclic amines) is 1. The van der Waals surface area contributed by atoms with Gasteiger partial charge in [-0.3, -0.25) is 9.69 Å². The van der Waals surface area contributed by atoms with Crippen LogP contribution in [0.1, 0.15) is 19.3 Å². The summed E-state index contributed by atoms with van der Waals surface area (Å²) in [4.78, 5) is 23.5. The number of nitrogens with two attached hydrogens (primary N) is 2. The van der Waals surface area contributed by atoms with Crippen molar-refractivity contribution in [3.05, 3.63) is 0 Å². The van der Waals surface area contributed by atoms with E-state index in [1.54, 1.807) is 0 Å². The number of hydrogen-bond acceptors (Lipinski definition) is 4. The molecule has 0 bridgehead atoms. The van der Waals surface area contributed by atoms with Gasteiger partial charge in [-0.05, 0) is 25.8 Å². The summed E-state index contributed by atoms with van der Waals surface area (Å²) in [5, 5.41) is 8.72. The number of hydrogen-bond donors (Lipinski definition) is 3. The molecular weight excluding hydrogens is 198 g/mol. The van der Waals surface area contributed by atoms with Gasteiger partial charge in [0, 0.05) is 6.54 Å². The third-order valence-electron chi connectivity index (χ3n) is 2.68. The van der Waals surface area contributed by atoms with Gasteiger partial charge in [0.15, 0.2) is 5.78 Å². The van der Waals surface area contributed by atoms with Crippen LogP contribution in [0, 0.1) is 0 Å².